The van der Waals surface area contributed by atoms with E-state index in [1.807, 2.05) is 112 Å². The van der Waals surface area contributed by atoms with Crippen molar-refractivity contribution in [2.75, 3.05) is 12.5 Å². The number of benzene rings is 13. The monoisotopic (exact) mass is 2000 g/mol. The fourth-order valence-electron chi connectivity index (χ4n) is 14.5. The molecule has 34 nitrogen and oxygen atoms in total. The van der Waals surface area contributed by atoms with Gasteiger partial charge in [-0.2, -0.15) is 0 Å². The zero-order valence-electron chi connectivity index (χ0n) is 66.1. The molecule has 6 aliphatic rings. The molecule has 0 N–H and O–H groups in total. The molecule has 668 valence electrons. The molecule has 0 radical (unpaired) electrons. The van der Waals surface area contributed by atoms with Crippen LogP contribution in [0, 0.1) is 27.7 Å². The zero-order chi connectivity index (χ0) is 93.4. The van der Waals surface area contributed by atoms with E-state index in [9.17, 15) is 118 Å². The van der Waals surface area contributed by atoms with Crippen LogP contribution in [0.4, 0.5) is 0 Å². The maximum atomic E-state index is 12.3. The number of sulfone groups is 2. The molecule has 48 heteroatoms. The number of rotatable bonds is 7. The summed E-state index contributed by atoms with van der Waals surface area (Å²) in [5.74, 6) is 0. The van der Waals surface area contributed by atoms with Crippen LogP contribution in [0.25, 0.3) is 102 Å². The van der Waals surface area contributed by atoms with Crippen molar-refractivity contribution >= 4 is 161 Å². The molecular formula is C80H60N6O28S14-6. The van der Waals surface area contributed by atoms with Crippen LogP contribution in [0.5, 0.6) is 0 Å². The van der Waals surface area contributed by atoms with Gasteiger partial charge in [0, 0.05) is 34.8 Å². The molecule has 6 aliphatic heterocycles. The van der Waals surface area contributed by atoms with Gasteiger partial charge in [0.1, 0.15) is 120 Å². The van der Waals surface area contributed by atoms with E-state index in [1.165, 1.54) is 48.5 Å². The summed E-state index contributed by atoms with van der Waals surface area (Å²) in [5, 5.41) is 3.65. The van der Waals surface area contributed by atoms with Gasteiger partial charge in [-0.25, -0.2) is 118 Å². The van der Waals surface area contributed by atoms with E-state index in [0.717, 1.165) is 44.5 Å². The highest BCUT2D eigenvalue weighted by Gasteiger charge is 2.39. The minimum Gasteiger partial charge on any atom is -0.427 e. The summed E-state index contributed by atoms with van der Waals surface area (Å²) in [4.78, 5) is -5.93. The lowest BCUT2D eigenvalue weighted by atomic mass is 9.95. The lowest BCUT2D eigenvalue weighted by Crippen LogP contribution is -2.08. The third kappa shape index (κ3) is 17.6. The van der Waals surface area contributed by atoms with E-state index in [4.69, 9.17) is 0 Å². The molecule has 0 fully saturated rings. The predicted molar refractivity (Wildman–Crippen MR) is 472 cm³/mol. The average molecular weight is 2000 g/mol. The third-order valence-electron chi connectivity index (χ3n) is 19.9. The summed E-state index contributed by atoms with van der Waals surface area (Å²) in [6, 6.07) is 69.2. The van der Waals surface area contributed by atoms with Crippen LogP contribution >= 0.6 is 0 Å². The first-order valence-corrected chi connectivity index (χ1v) is 57.3. The van der Waals surface area contributed by atoms with Crippen LogP contribution in [0.15, 0.2) is 323 Å². The van der Waals surface area contributed by atoms with Gasteiger partial charge in [-0.1, -0.05) is 212 Å². The topological polar surface area (TPSA) is 563 Å². The van der Waals surface area contributed by atoms with Crippen LogP contribution in [-0.2, 0) is 140 Å². The quantitative estimate of drug-likeness (QED) is 0.143. The molecule has 19 rings (SSSR count). The van der Waals surface area contributed by atoms with Crippen LogP contribution in [0.3, 0.4) is 0 Å². The van der Waals surface area contributed by atoms with Gasteiger partial charge in [0.15, 0.2) is 19.7 Å². The van der Waals surface area contributed by atoms with Crippen molar-refractivity contribution in [2.45, 2.75) is 96.2 Å². The number of fused-ring (bicyclic) bond motifs is 8. The second-order valence-electron chi connectivity index (χ2n) is 28.6. The standard InChI is InChI=1S/C17H12NO4S2.C16H10NO4S2.C14H12NO4S2.C13H10NO4S2.C12H8NO4S2.C8H8NO8S4/c1-11-5-2-6-12-7-3-8-13(16(11)12)14-9-4-10-15-17(14)24(21,22)18-23(15,19)20;18-22(19)15-10-4-9-14(16(15)23(20,21)17-22)13-8-3-6-11-5-1-2-7-12(11)13;1-9-5-3-4-6-11(9)13-10(2)7-8-12-14(13)21(18,19)15-20(12,16)17;1-9-5-2-3-6-10(9)11-7-4-8-12-13(11)20(17,18)14-19(12,15)16;14-18(15)11-8-4-7-10(9-5-2-1-3-6-9)12(11)19(16,17)13-18;1-18(10,11)5-3-6(19(2,12)13)8-7(4-5)20(14,15)9-21(8,16)17/h2-10H,1H3;1-10H;3-8H,1-2H3;2-8H,1H3;1-8H;3-4H,1-2H3/q6*-1. The first kappa shape index (κ1) is 93.6. The molecule has 0 atom stereocenters. The van der Waals surface area contributed by atoms with Crippen LogP contribution < -0.4 is 0 Å². The smallest absolute Gasteiger partial charge is 0.176 e. The Labute approximate surface area is 738 Å². The number of hydrogen-bond acceptors (Lipinski definition) is 28. The predicted octanol–water partition coefficient (Wildman–Crippen LogP) is 13.4. The molecule has 0 bridgehead atoms. The lowest BCUT2D eigenvalue weighted by Gasteiger charge is -2.14. The fourth-order valence-corrected chi connectivity index (χ4v) is 38.9. The number of hydrogen-bond donors (Lipinski definition) is 0. The Morgan fingerprint density at radius 1 is 0.219 bits per heavy atom. The molecule has 13 aromatic carbocycles. The Bertz CT molecular complexity index is 8810. The van der Waals surface area contributed by atoms with Crippen molar-refractivity contribution in [1.82, 2.24) is 0 Å². The van der Waals surface area contributed by atoms with Crippen LogP contribution in [-0.4, -0.2) is 130 Å². The number of aryl methyl sites for hydroxylation is 4. The highest BCUT2D eigenvalue weighted by molar-refractivity contribution is 8.17. The fraction of sp³-hybridized carbons (Fsp3) is 0.0750. The lowest BCUT2D eigenvalue weighted by molar-refractivity contribution is 0.585. The van der Waals surface area contributed by atoms with Gasteiger partial charge < -0.3 is 24.8 Å². The van der Waals surface area contributed by atoms with E-state index >= 15 is 0 Å². The van der Waals surface area contributed by atoms with Crippen molar-refractivity contribution in [3.05, 3.63) is 302 Å². The third-order valence-corrected chi connectivity index (χ3v) is 43.5. The molecule has 0 aliphatic carbocycles. The van der Waals surface area contributed by atoms with Gasteiger partial charge in [-0.05, 0) is 147 Å². The summed E-state index contributed by atoms with van der Waals surface area (Å²) in [6.45, 7) is 7.37. The van der Waals surface area contributed by atoms with Crippen molar-refractivity contribution in [3.8, 4) is 55.6 Å². The van der Waals surface area contributed by atoms with E-state index in [1.54, 1.807) is 110 Å². The van der Waals surface area contributed by atoms with E-state index in [-0.39, 0.29) is 49.0 Å². The average Bonchev–Trinajstić information content (AvgIpc) is 1.54. The van der Waals surface area contributed by atoms with Crippen molar-refractivity contribution in [2.24, 2.45) is 0 Å². The second-order valence-corrected chi connectivity index (χ2v) is 52.6. The molecule has 0 saturated carbocycles. The van der Waals surface area contributed by atoms with Gasteiger partial charge in [-0.3, -0.25) is 0 Å². The van der Waals surface area contributed by atoms with Gasteiger partial charge >= 0.3 is 0 Å². The summed E-state index contributed by atoms with van der Waals surface area (Å²) < 4.78 is 351. The molecular weight excluding hydrogens is 1940 g/mol. The largest absolute Gasteiger partial charge is 0.427 e. The molecule has 0 spiro atoms. The van der Waals surface area contributed by atoms with Gasteiger partial charge in [-0.15, -0.1) is 0 Å². The highest BCUT2D eigenvalue weighted by atomic mass is 32.3. The zero-order valence-corrected chi connectivity index (χ0v) is 77.5. The molecule has 128 heavy (non-hydrogen) atoms. The van der Waals surface area contributed by atoms with Crippen LogP contribution in [0.2, 0.25) is 0 Å². The van der Waals surface area contributed by atoms with Gasteiger partial charge in [0.05, 0.1) is 68.5 Å². The molecule has 13 aromatic rings. The minimum absolute atomic E-state index is 0.211. The first-order valence-electron chi connectivity index (χ1n) is 36.2. The summed E-state index contributed by atoms with van der Waals surface area (Å²) in [5.41, 5.74) is 8.60. The summed E-state index contributed by atoms with van der Waals surface area (Å²) in [7, 11) is -59.2. The van der Waals surface area contributed by atoms with Gasteiger partial charge in [0.25, 0.3) is 0 Å². The Morgan fingerprint density at radius 3 is 0.984 bits per heavy atom. The SMILES string of the molecule is CS(=O)(=O)c1cc(S(C)(=O)=O)c2c(c1)S(=O)(=O)[N-]S2(=O)=O.Cc1cccc2cccc(-c3cccc4c3S(=O)(=O)[N-]S4(=O)=O)c12.Cc1ccccc1-c1c(C)ccc2c1S(=O)(=O)[N-]S2(=O)=O.Cc1ccccc1-c1cccc2c1S(=O)(=O)[N-]S2(=O)=O.O=S1(=O)[N-]S(=O)(=O)c2c(-c3cccc4ccccc34)cccc21.O=S1(=O)[N-]S(=O)(=O)c2c(-c3ccccc3)cccc21. The van der Waals surface area contributed by atoms with E-state index in [0.29, 0.717) is 79.6 Å². The first-order chi connectivity index (χ1) is 59.4. The molecule has 0 aromatic heterocycles. The Balaban J connectivity index is 0.000000124. The molecule has 0 unspecified atom stereocenters. The van der Waals surface area contributed by atoms with Crippen molar-refractivity contribution in [1.29, 1.82) is 0 Å². The second kappa shape index (κ2) is 32.8. The van der Waals surface area contributed by atoms with E-state index < -0.39 is 160 Å². The van der Waals surface area contributed by atoms with Crippen LogP contribution in [0.1, 0.15) is 22.3 Å². The maximum absolute atomic E-state index is 12.3. The maximum Gasteiger partial charge on any atom is 0.176 e. The normalized spacial score (nSPS) is 18.6. The Kier molecular flexibility index (Phi) is 24.0. The van der Waals surface area contributed by atoms with E-state index in [2.05, 4.69) is 24.8 Å². The highest BCUT2D eigenvalue weighted by Crippen LogP contribution is 2.52. The molecule has 6 heterocycles. The molecule has 0 amide bonds. The van der Waals surface area contributed by atoms with Crippen molar-refractivity contribution < 1.29 is 118 Å². The Morgan fingerprint density at radius 2 is 0.531 bits per heavy atom. The van der Waals surface area contributed by atoms with Gasteiger partial charge in [0.2, 0.25) is 0 Å². The number of nitrogens with zero attached hydrogens (tertiary/aromatic N) is 6. The van der Waals surface area contributed by atoms with Crippen molar-refractivity contribution in [3.63, 3.8) is 0 Å². The summed E-state index contributed by atoms with van der Waals surface area (Å²) in [6.07, 6.45) is 1.36. The minimum atomic E-state index is -4.73. The Hall–Kier alpha value is -10.6. The number of sulfonamides is 12. The summed E-state index contributed by atoms with van der Waals surface area (Å²) >= 11 is 0. The molecule has 0 saturated heterocycles.